The molecule has 0 aliphatic rings. The SMILES string of the molecule is CS(=O)(=O)c1ccc(Cc2cc(C(F)(F)F)ccn2)c(Br)c1. The number of hydrogen-bond donors (Lipinski definition) is 0. The molecule has 0 amide bonds. The molecule has 0 spiro atoms. The summed E-state index contributed by atoms with van der Waals surface area (Å²) in [5, 5.41) is 0. The van der Waals surface area contributed by atoms with Crippen LogP contribution in [0.5, 0.6) is 0 Å². The van der Waals surface area contributed by atoms with E-state index in [2.05, 4.69) is 20.9 Å². The molecule has 8 heteroatoms. The van der Waals surface area contributed by atoms with Crippen molar-refractivity contribution < 1.29 is 21.6 Å². The summed E-state index contributed by atoms with van der Waals surface area (Å²) in [7, 11) is -3.34. The number of halogens is 4. The quantitative estimate of drug-likeness (QED) is 0.795. The van der Waals surface area contributed by atoms with E-state index < -0.39 is 21.6 Å². The number of alkyl halides is 3. The Bertz CT molecular complexity index is 804. The highest BCUT2D eigenvalue weighted by Crippen LogP contribution is 2.30. The van der Waals surface area contributed by atoms with Crippen molar-refractivity contribution in [1.82, 2.24) is 4.98 Å². The molecule has 1 heterocycles. The predicted molar refractivity (Wildman–Crippen MR) is 79.3 cm³/mol. The zero-order chi connectivity index (χ0) is 16.5. The van der Waals surface area contributed by atoms with Gasteiger partial charge in [0.05, 0.1) is 10.5 Å². The van der Waals surface area contributed by atoms with Gasteiger partial charge in [0.1, 0.15) is 0 Å². The van der Waals surface area contributed by atoms with Gasteiger partial charge in [-0.1, -0.05) is 22.0 Å². The van der Waals surface area contributed by atoms with Gasteiger partial charge in [-0.15, -0.1) is 0 Å². The van der Waals surface area contributed by atoms with Gasteiger partial charge in [0.2, 0.25) is 0 Å². The maximum Gasteiger partial charge on any atom is 0.416 e. The van der Waals surface area contributed by atoms with Crippen LogP contribution in [0.25, 0.3) is 0 Å². The average molecular weight is 394 g/mol. The molecule has 3 nitrogen and oxygen atoms in total. The third-order valence-corrected chi connectivity index (χ3v) is 4.82. The van der Waals surface area contributed by atoms with Crippen molar-refractivity contribution >= 4 is 25.8 Å². The molecule has 1 aromatic heterocycles. The van der Waals surface area contributed by atoms with E-state index in [1.807, 2.05) is 0 Å². The van der Waals surface area contributed by atoms with E-state index in [1.54, 1.807) is 6.07 Å². The van der Waals surface area contributed by atoms with Crippen LogP contribution in [0.1, 0.15) is 16.8 Å². The lowest BCUT2D eigenvalue weighted by atomic mass is 10.1. The molecule has 0 aliphatic carbocycles. The van der Waals surface area contributed by atoms with Gasteiger partial charge in [0.15, 0.2) is 9.84 Å². The van der Waals surface area contributed by atoms with Gasteiger partial charge in [-0.3, -0.25) is 4.98 Å². The van der Waals surface area contributed by atoms with Crippen molar-refractivity contribution in [3.05, 3.63) is 57.8 Å². The van der Waals surface area contributed by atoms with E-state index in [4.69, 9.17) is 0 Å². The Hall–Kier alpha value is -1.41. The number of pyridine rings is 1. The first kappa shape index (κ1) is 17.0. The Morgan fingerprint density at radius 3 is 2.41 bits per heavy atom. The smallest absolute Gasteiger partial charge is 0.261 e. The minimum Gasteiger partial charge on any atom is -0.261 e. The third-order valence-electron chi connectivity index (χ3n) is 2.97. The maximum atomic E-state index is 12.7. The second-order valence-corrected chi connectivity index (χ2v) is 7.61. The normalized spacial score (nSPS) is 12.4. The molecule has 118 valence electrons. The van der Waals surface area contributed by atoms with Crippen LogP contribution in [-0.2, 0) is 22.4 Å². The van der Waals surface area contributed by atoms with Crippen LogP contribution in [-0.4, -0.2) is 19.7 Å². The molecule has 1 aromatic carbocycles. The minimum absolute atomic E-state index is 0.139. The topological polar surface area (TPSA) is 47.0 Å². The van der Waals surface area contributed by atoms with E-state index in [-0.39, 0.29) is 17.0 Å². The lowest BCUT2D eigenvalue weighted by Crippen LogP contribution is -2.06. The van der Waals surface area contributed by atoms with E-state index in [0.29, 0.717) is 10.0 Å². The molecular formula is C14H11BrF3NO2S. The number of sulfone groups is 1. The zero-order valence-electron chi connectivity index (χ0n) is 11.4. The van der Waals surface area contributed by atoms with Gasteiger partial charge in [0.25, 0.3) is 0 Å². The van der Waals surface area contributed by atoms with Crippen molar-refractivity contribution in [3.63, 3.8) is 0 Å². The number of hydrogen-bond acceptors (Lipinski definition) is 3. The summed E-state index contributed by atoms with van der Waals surface area (Å²) in [5.74, 6) is 0. The van der Waals surface area contributed by atoms with Crippen LogP contribution >= 0.6 is 15.9 Å². The van der Waals surface area contributed by atoms with Crippen LogP contribution in [0.4, 0.5) is 13.2 Å². The Morgan fingerprint density at radius 1 is 1.18 bits per heavy atom. The van der Waals surface area contributed by atoms with Gasteiger partial charge in [0, 0.05) is 29.0 Å². The van der Waals surface area contributed by atoms with Gasteiger partial charge in [-0.2, -0.15) is 13.2 Å². The summed E-state index contributed by atoms with van der Waals surface area (Å²) in [5.41, 5.74) is 0.142. The van der Waals surface area contributed by atoms with Crippen LogP contribution in [0.2, 0.25) is 0 Å². The van der Waals surface area contributed by atoms with Crippen molar-refractivity contribution in [3.8, 4) is 0 Å². The fourth-order valence-corrected chi connectivity index (χ4v) is 3.17. The van der Waals surface area contributed by atoms with E-state index in [1.165, 1.54) is 12.1 Å². The molecule has 0 bridgehead atoms. The summed E-state index contributed by atoms with van der Waals surface area (Å²) >= 11 is 3.24. The molecular weight excluding hydrogens is 383 g/mol. The van der Waals surface area contributed by atoms with Crippen molar-refractivity contribution in [2.75, 3.05) is 6.26 Å². The Labute approximate surface area is 134 Å². The molecule has 0 N–H and O–H groups in total. The van der Waals surface area contributed by atoms with Crippen LogP contribution < -0.4 is 0 Å². The molecule has 0 unspecified atom stereocenters. The molecule has 0 atom stereocenters. The van der Waals surface area contributed by atoms with Crippen molar-refractivity contribution in [2.24, 2.45) is 0 Å². The fourth-order valence-electron chi connectivity index (χ4n) is 1.85. The van der Waals surface area contributed by atoms with E-state index in [0.717, 1.165) is 24.6 Å². The molecule has 0 saturated carbocycles. The van der Waals surface area contributed by atoms with Gasteiger partial charge >= 0.3 is 6.18 Å². The van der Waals surface area contributed by atoms with Gasteiger partial charge < -0.3 is 0 Å². The number of rotatable bonds is 3. The molecule has 22 heavy (non-hydrogen) atoms. The van der Waals surface area contributed by atoms with Crippen LogP contribution in [0.15, 0.2) is 45.9 Å². The average Bonchev–Trinajstić information content (AvgIpc) is 2.39. The first-order chi connectivity index (χ1) is 10.1. The molecule has 0 radical (unpaired) electrons. The number of nitrogens with zero attached hydrogens (tertiary/aromatic N) is 1. The first-order valence-electron chi connectivity index (χ1n) is 6.08. The zero-order valence-corrected chi connectivity index (χ0v) is 13.8. The number of benzene rings is 1. The third kappa shape index (κ3) is 4.07. The summed E-state index contributed by atoms with van der Waals surface area (Å²) in [4.78, 5) is 4.06. The molecule has 2 aromatic rings. The highest BCUT2D eigenvalue weighted by Gasteiger charge is 2.30. The second-order valence-electron chi connectivity index (χ2n) is 4.74. The highest BCUT2D eigenvalue weighted by molar-refractivity contribution is 9.10. The lowest BCUT2D eigenvalue weighted by Gasteiger charge is -2.09. The van der Waals surface area contributed by atoms with Crippen molar-refractivity contribution in [2.45, 2.75) is 17.5 Å². The summed E-state index contributed by atoms with van der Waals surface area (Å²) in [6, 6.07) is 6.30. The fraction of sp³-hybridized carbons (Fsp3) is 0.214. The largest absolute Gasteiger partial charge is 0.416 e. The van der Waals surface area contributed by atoms with E-state index >= 15 is 0 Å². The lowest BCUT2D eigenvalue weighted by molar-refractivity contribution is -0.137. The summed E-state index contributed by atoms with van der Waals surface area (Å²) in [6.45, 7) is 0. The van der Waals surface area contributed by atoms with Crippen LogP contribution in [0, 0.1) is 0 Å². The predicted octanol–water partition coefficient (Wildman–Crippen LogP) is 3.86. The summed E-state index contributed by atoms with van der Waals surface area (Å²) in [6.07, 6.45) is -2.07. The number of aromatic nitrogens is 1. The van der Waals surface area contributed by atoms with Gasteiger partial charge in [-0.25, -0.2) is 8.42 Å². The summed E-state index contributed by atoms with van der Waals surface area (Å²) < 4.78 is 61.4. The second kappa shape index (κ2) is 6.00. The molecule has 0 aliphatic heterocycles. The molecule has 0 saturated heterocycles. The van der Waals surface area contributed by atoms with E-state index in [9.17, 15) is 21.6 Å². The van der Waals surface area contributed by atoms with Crippen LogP contribution in [0.3, 0.4) is 0 Å². The Kier molecular flexibility index (Phi) is 4.62. The van der Waals surface area contributed by atoms with Gasteiger partial charge in [-0.05, 0) is 29.8 Å². The van der Waals surface area contributed by atoms with Crippen molar-refractivity contribution in [1.29, 1.82) is 0 Å². The Morgan fingerprint density at radius 2 is 1.86 bits per heavy atom. The monoisotopic (exact) mass is 393 g/mol. The Balaban J connectivity index is 2.32. The maximum absolute atomic E-state index is 12.7. The standard InChI is InChI=1S/C14H11BrF3NO2S/c1-22(20,21)12-3-2-9(13(15)8-12)6-11-7-10(4-5-19-11)14(16,17)18/h2-5,7-8H,6H2,1H3. The molecule has 2 rings (SSSR count). The first-order valence-corrected chi connectivity index (χ1v) is 8.76. The highest BCUT2D eigenvalue weighted by atomic mass is 79.9. The minimum atomic E-state index is -4.42. The molecule has 0 fully saturated rings.